The van der Waals surface area contributed by atoms with Gasteiger partial charge in [0.25, 0.3) is 5.91 Å². The molecule has 10 heteroatoms. The molecular formula is C38H54ClN3O5S. The maximum Gasteiger partial charge on any atom is 0.264 e. The Kier molecular flexibility index (Phi) is 11.3. The third-order valence-corrected chi connectivity index (χ3v) is 14.1. The second-order valence-electron chi connectivity index (χ2n) is 15.0. The van der Waals surface area contributed by atoms with E-state index < -0.39 is 26.8 Å². The molecule has 1 aliphatic carbocycles. The van der Waals surface area contributed by atoms with Gasteiger partial charge in [-0.15, -0.1) is 0 Å². The molecule has 0 spiro atoms. The van der Waals surface area contributed by atoms with Crippen molar-refractivity contribution in [2.24, 2.45) is 17.8 Å². The number of ether oxygens (including phenoxy) is 1. The lowest BCUT2D eigenvalue weighted by molar-refractivity contribution is -0.0979. The van der Waals surface area contributed by atoms with Crippen molar-refractivity contribution in [2.75, 3.05) is 37.6 Å². The summed E-state index contributed by atoms with van der Waals surface area (Å²) >= 11 is 6.37. The zero-order valence-corrected chi connectivity index (χ0v) is 30.3. The molecule has 0 radical (unpaired) electrons. The number of fused-ring (bicyclic) bond motifs is 3. The van der Waals surface area contributed by atoms with Crippen molar-refractivity contribution < 1.29 is 23.1 Å². The normalized spacial score (nSPS) is 30.4. The third kappa shape index (κ3) is 8.17. The van der Waals surface area contributed by atoms with Gasteiger partial charge in [-0.1, -0.05) is 37.4 Å². The van der Waals surface area contributed by atoms with Crippen molar-refractivity contribution >= 4 is 33.2 Å². The van der Waals surface area contributed by atoms with Crippen LogP contribution in [0.3, 0.4) is 0 Å². The lowest BCUT2D eigenvalue weighted by atomic mass is 9.62. The fourth-order valence-corrected chi connectivity index (χ4v) is 9.94. The van der Waals surface area contributed by atoms with Crippen molar-refractivity contribution in [2.45, 2.75) is 108 Å². The molecule has 2 bridgehead atoms. The fourth-order valence-electron chi connectivity index (χ4n) is 8.44. The molecule has 1 saturated heterocycles. The largest absolute Gasteiger partial charge is 0.487 e. The highest BCUT2D eigenvalue weighted by Gasteiger charge is 2.47. The number of amides is 1. The maximum atomic E-state index is 13.5. The SMILES string of the molecule is C[C@@H]1[C@@H](C)CCC[C@](O)(CCN2CCCCC2)[C@@H]2CC[C@H]2CN2CCCCc3cc(Cl)ccc3COc3ccc(cc32)C(=O)NS1(=O)=O. The van der Waals surface area contributed by atoms with Crippen LogP contribution in [0.5, 0.6) is 5.75 Å². The molecule has 4 aliphatic rings. The van der Waals surface area contributed by atoms with Crippen LogP contribution in [0.4, 0.5) is 5.69 Å². The van der Waals surface area contributed by atoms with Crippen LogP contribution >= 0.6 is 11.6 Å². The molecule has 1 saturated carbocycles. The van der Waals surface area contributed by atoms with Gasteiger partial charge in [-0.3, -0.25) is 4.79 Å². The van der Waals surface area contributed by atoms with Crippen LogP contribution in [-0.2, 0) is 23.1 Å². The van der Waals surface area contributed by atoms with Gasteiger partial charge in [0, 0.05) is 30.2 Å². The van der Waals surface area contributed by atoms with E-state index in [0.29, 0.717) is 41.7 Å². The maximum absolute atomic E-state index is 13.5. The number of sulfonamides is 1. The Morgan fingerprint density at radius 1 is 0.958 bits per heavy atom. The molecule has 2 aromatic carbocycles. The number of nitrogens with zero attached hydrogens (tertiary/aromatic N) is 2. The average Bonchev–Trinajstić information content (AvgIpc) is 3.08. The van der Waals surface area contributed by atoms with Crippen LogP contribution in [0, 0.1) is 17.8 Å². The van der Waals surface area contributed by atoms with Gasteiger partial charge in [0.2, 0.25) is 10.0 Å². The van der Waals surface area contributed by atoms with Crippen molar-refractivity contribution in [3.8, 4) is 5.75 Å². The second-order valence-corrected chi connectivity index (χ2v) is 17.5. The van der Waals surface area contributed by atoms with Crippen LogP contribution < -0.4 is 14.4 Å². The Morgan fingerprint density at radius 3 is 2.52 bits per heavy atom. The van der Waals surface area contributed by atoms with Gasteiger partial charge in [0.05, 0.1) is 16.5 Å². The molecule has 264 valence electrons. The molecular weight excluding hydrogens is 646 g/mol. The summed E-state index contributed by atoms with van der Waals surface area (Å²) in [6.07, 6.45) is 11.4. The minimum absolute atomic E-state index is 0.166. The number of nitrogens with one attached hydrogen (secondary N) is 1. The average molecular weight is 700 g/mol. The summed E-state index contributed by atoms with van der Waals surface area (Å²) in [6, 6.07) is 11.2. The van der Waals surface area contributed by atoms with Gasteiger partial charge < -0.3 is 19.6 Å². The van der Waals surface area contributed by atoms with Crippen LogP contribution in [0.15, 0.2) is 36.4 Å². The van der Waals surface area contributed by atoms with Gasteiger partial charge >= 0.3 is 0 Å². The molecule has 8 nitrogen and oxygen atoms in total. The van der Waals surface area contributed by atoms with E-state index in [1.807, 2.05) is 25.1 Å². The van der Waals surface area contributed by atoms with Crippen molar-refractivity contribution in [1.29, 1.82) is 0 Å². The summed E-state index contributed by atoms with van der Waals surface area (Å²) in [5.41, 5.74) is 2.56. The summed E-state index contributed by atoms with van der Waals surface area (Å²) < 4.78 is 35.8. The first-order chi connectivity index (χ1) is 23.0. The first-order valence-electron chi connectivity index (χ1n) is 18.3. The quantitative estimate of drug-likeness (QED) is 0.357. The minimum atomic E-state index is -3.92. The van der Waals surface area contributed by atoms with E-state index >= 15 is 0 Å². The van der Waals surface area contributed by atoms with Gasteiger partial charge in [0.1, 0.15) is 12.4 Å². The number of aliphatic hydroxyl groups is 1. The van der Waals surface area contributed by atoms with Crippen molar-refractivity contribution in [1.82, 2.24) is 9.62 Å². The monoisotopic (exact) mass is 699 g/mol. The second kappa shape index (κ2) is 15.3. The highest BCUT2D eigenvalue weighted by atomic mass is 35.5. The smallest absolute Gasteiger partial charge is 0.264 e. The molecule has 3 heterocycles. The summed E-state index contributed by atoms with van der Waals surface area (Å²) in [4.78, 5) is 18.4. The molecule has 5 atom stereocenters. The predicted octanol–water partition coefficient (Wildman–Crippen LogP) is 6.96. The first kappa shape index (κ1) is 35.5. The number of benzene rings is 2. The molecule has 1 amide bonds. The Labute approximate surface area is 292 Å². The summed E-state index contributed by atoms with van der Waals surface area (Å²) in [6.45, 7) is 8.62. The van der Waals surface area contributed by atoms with E-state index in [-0.39, 0.29) is 11.8 Å². The van der Waals surface area contributed by atoms with E-state index in [2.05, 4.69) is 14.5 Å². The van der Waals surface area contributed by atoms with E-state index in [9.17, 15) is 18.3 Å². The lowest BCUT2D eigenvalue weighted by Gasteiger charge is -2.50. The van der Waals surface area contributed by atoms with E-state index in [4.69, 9.17) is 16.3 Å². The number of rotatable bonds is 3. The number of carbonyl (C=O) groups is 1. The minimum Gasteiger partial charge on any atom is -0.487 e. The number of piperidine rings is 1. The summed E-state index contributed by atoms with van der Waals surface area (Å²) in [5, 5.41) is 12.5. The molecule has 6 rings (SSSR count). The summed E-state index contributed by atoms with van der Waals surface area (Å²) in [7, 11) is -3.92. The molecule has 2 N–H and O–H groups in total. The topological polar surface area (TPSA) is 99.2 Å². The molecule has 0 unspecified atom stereocenters. The molecule has 2 fully saturated rings. The summed E-state index contributed by atoms with van der Waals surface area (Å²) in [5.74, 6) is 0.365. The number of aryl methyl sites for hydroxylation is 1. The lowest BCUT2D eigenvalue weighted by Crippen LogP contribution is -2.52. The number of halogens is 1. The van der Waals surface area contributed by atoms with Crippen LogP contribution in [0.1, 0.15) is 106 Å². The molecule has 2 aromatic rings. The van der Waals surface area contributed by atoms with Gasteiger partial charge in [-0.25, -0.2) is 13.1 Å². The Morgan fingerprint density at radius 2 is 1.75 bits per heavy atom. The number of carbonyl (C=O) groups excluding carboxylic acids is 1. The highest BCUT2D eigenvalue weighted by molar-refractivity contribution is 7.90. The Hall–Kier alpha value is -2.33. The number of hydrogen-bond donors (Lipinski definition) is 2. The van der Waals surface area contributed by atoms with E-state index in [1.165, 1.54) is 24.8 Å². The number of anilines is 1. The van der Waals surface area contributed by atoms with Gasteiger partial charge in [-0.2, -0.15) is 0 Å². The zero-order chi connectivity index (χ0) is 33.9. The van der Waals surface area contributed by atoms with Crippen LogP contribution in [0.2, 0.25) is 5.02 Å². The van der Waals surface area contributed by atoms with Crippen LogP contribution in [0.25, 0.3) is 0 Å². The fraction of sp³-hybridized carbons (Fsp3) is 0.658. The highest BCUT2D eigenvalue weighted by Crippen LogP contribution is 2.47. The predicted molar refractivity (Wildman–Crippen MR) is 192 cm³/mol. The van der Waals surface area contributed by atoms with E-state index in [1.54, 1.807) is 25.1 Å². The standard InChI is InChI=1S/C38H54ClN3O5S/c1-27-9-8-17-38(44,18-22-41-19-5-3-6-20-41)34-15-12-31(34)25-42-21-7-4-10-29-23-33(39)14-11-32(29)26-47-36-16-13-30(24-35(36)42)37(43)40-48(45,46)28(27)2/h11,13-14,16,23-24,27-28,31,34,44H,3-10,12,15,17-22,25-26H2,1-2H3,(H,40,43)/t27-,28+,31-,34+,38-/m0/s1. The number of likely N-dealkylation sites (tertiary alicyclic amines) is 1. The van der Waals surface area contributed by atoms with Crippen LogP contribution in [-0.4, -0.2) is 67.9 Å². The van der Waals surface area contributed by atoms with Crippen molar-refractivity contribution in [3.05, 3.63) is 58.1 Å². The third-order valence-electron chi connectivity index (χ3n) is 11.9. The Balaban J connectivity index is 1.35. The molecule has 48 heavy (non-hydrogen) atoms. The van der Waals surface area contributed by atoms with Gasteiger partial charge in [0.15, 0.2) is 0 Å². The molecule has 0 aromatic heterocycles. The first-order valence-corrected chi connectivity index (χ1v) is 20.2. The zero-order valence-electron chi connectivity index (χ0n) is 28.8. The molecule has 3 aliphatic heterocycles. The van der Waals surface area contributed by atoms with Gasteiger partial charge in [-0.05, 0) is 143 Å². The van der Waals surface area contributed by atoms with Crippen molar-refractivity contribution in [3.63, 3.8) is 0 Å². The number of hydrogen-bond acceptors (Lipinski definition) is 7. The van der Waals surface area contributed by atoms with E-state index in [0.717, 1.165) is 88.9 Å². The Bertz CT molecular complexity index is 1550.